The predicted octanol–water partition coefficient (Wildman–Crippen LogP) is 6.07. The van der Waals surface area contributed by atoms with Crippen LogP contribution < -0.4 is 9.47 Å². The Morgan fingerprint density at radius 1 is 0.618 bits per heavy atom. The third-order valence-corrected chi connectivity index (χ3v) is 5.85. The first-order valence-electron chi connectivity index (χ1n) is 11.7. The topological polar surface area (TPSA) is 124 Å². The molecule has 0 spiro atoms. The third-order valence-electron chi connectivity index (χ3n) is 5.85. The van der Waals surface area contributed by atoms with Crippen molar-refractivity contribution in [1.29, 1.82) is 0 Å². The van der Waals surface area contributed by atoms with Crippen molar-refractivity contribution in [2.45, 2.75) is 64.2 Å². The summed E-state index contributed by atoms with van der Waals surface area (Å²) in [6.45, 7) is 0. The van der Waals surface area contributed by atoms with Gasteiger partial charge in [0.15, 0.2) is 0 Å². The first-order valence-corrected chi connectivity index (χ1v) is 11.7. The number of phenols is 2. The van der Waals surface area contributed by atoms with E-state index in [0.29, 0.717) is 46.9 Å². The van der Waals surface area contributed by atoms with E-state index in [1.807, 2.05) is 0 Å². The zero-order valence-electron chi connectivity index (χ0n) is 20.0. The van der Waals surface area contributed by atoms with Crippen molar-refractivity contribution in [2.24, 2.45) is 10.3 Å². The van der Waals surface area contributed by atoms with Crippen LogP contribution in [0.4, 0.5) is 0 Å². The molecule has 0 saturated carbocycles. The first kappa shape index (κ1) is 26.8. The highest BCUT2D eigenvalue weighted by atomic mass is 16.5. The largest absolute Gasteiger partial charge is 0.507 e. The van der Waals surface area contributed by atoms with E-state index in [-0.39, 0.29) is 11.5 Å². The Hall–Kier alpha value is -3.42. The molecule has 0 heterocycles. The average molecular weight is 473 g/mol. The molecule has 8 nitrogen and oxygen atoms in total. The van der Waals surface area contributed by atoms with Gasteiger partial charge in [0.05, 0.1) is 25.6 Å². The van der Waals surface area contributed by atoms with Gasteiger partial charge < -0.3 is 30.1 Å². The molecular formula is C26H36N2O6. The molecule has 4 N–H and O–H groups in total. The van der Waals surface area contributed by atoms with Gasteiger partial charge in [-0.2, -0.15) is 0 Å². The van der Waals surface area contributed by atoms with Crippen LogP contribution in [0.3, 0.4) is 0 Å². The molecule has 0 fully saturated rings. The van der Waals surface area contributed by atoms with Gasteiger partial charge in [-0.1, -0.05) is 48.8 Å². The van der Waals surface area contributed by atoms with Gasteiger partial charge in [-0.05, 0) is 62.1 Å². The highest BCUT2D eigenvalue weighted by Crippen LogP contribution is 2.26. The number of oxime groups is 2. The number of benzene rings is 2. The molecule has 0 radical (unpaired) electrons. The first-order chi connectivity index (χ1) is 16.5. The lowest BCUT2D eigenvalue weighted by molar-refractivity contribution is 0.317. The molecule has 2 aromatic carbocycles. The van der Waals surface area contributed by atoms with Gasteiger partial charge in [-0.25, -0.2) is 0 Å². The molecule has 0 aliphatic carbocycles. The fourth-order valence-corrected chi connectivity index (χ4v) is 3.87. The SMILES string of the molecule is COc1ccc(O)c(/C(CCCCCCCCCC/C(=N\O)c2cc(OC)ccc2O)=N/O)c1. The predicted molar refractivity (Wildman–Crippen MR) is 132 cm³/mol. The zero-order chi connectivity index (χ0) is 24.8. The van der Waals surface area contributed by atoms with E-state index >= 15 is 0 Å². The molecule has 0 aliphatic rings. The zero-order valence-corrected chi connectivity index (χ0v) is 20.0. The number of hydrogen-bond acceptors (Lipinski definition) is 8. The fourth-order valence-electron chi connectivity index (χ4n) is 3.87. The Morgan fingerprint density at radius 3 is 1.29 bits per heavy atom. The van der Waals surface area contributed by atoms with Gasteiger partial charge >= 0.3 is 0 Å². The van der Waals surface area contributed by atoms with Gasteiger partial charge in [0.25, 0.3) is 0 Å². The molecule has 8 heteroatoms. The lowest BCUT2D eigenvalue weighted by Gasteiger charge is -2.09. The van der Waals surface area contributed by atoms with E-state index in [0.717, 1.165) is 51.4 Å². The van der Waals surface area contributed by atoms with E-state index in [1.54, 1.807) is 38.5 Å². The summed E-state index contributed by atoms with van der Waals surface area (Å²) in [5.74, 6) is 1.35. The van der Waals surface area contributed by atoms with Gasteiger partial charge in [0.1, 0.15) is 23.0 Å². The van der Waals surface area contributed by atoms with Gasteiger partial charge in [0.2, 0.25) is 0 Å². The van der Waals surface area contributed by atoms with E-state index < -0.39 is 0 Å². The third kappa shape index (κ3) is 8.17. The normalized spacial score (nSPS) is 12.1. The van der Waals surface area contributed by atoms with E-state index in [4.69, 9.17) is 9.47 Å². The van der Waals surface area contributed by atoms with Crippen molar-refractivity contribution in [2.75, 3.05) is 14.2 Å². The number of methoxy groups -OCH3 is 2. The Bertz CT molecular complexity index is 881. The summed E-state index contributed by atoms with van der Waals surface area (Å²) in [6, 6.07) is 9.74. The van der Waals surface area contributed by atoms with Crippen molar-refractivity contribution < 1.29 is 30.1 Å². The summed E-state index contributed by atoms with van der Waals surface area (Å²) in [6.07, 6.45) is 9.34. The molecule has 2 aromatic rings. The van der Waals surface area contributed by atoms with Gasteiger partial charge in [-0.3, -0.25) is 0 Å². The summed E-state index contributed by atoms with van der Waals surface area (Å²) in [7, 11) is 3.10. The summed E-state index contributed by atoms with van der Waals surface area (Å²) < 4.78 is 10.4. The van der Waals surface area contributed by atoms with Crippen LogP contribution in [-0.2, 0) is 0 Å². The maximum atomic E-state index is 10.0. The summed E-state index contributed by atoms with van der Waals surface area (Å²) in [4.78, 5) is 0. The van der Waals surface area contributed by atoms with Crippen LogP contribution >= 0.6 is 0 Å². The summed E-state index contributed by atoms with van der Waals surface area (Å²) in [5.41, 5.74) is 1.91. The van der Waals surface area contributed by atoms with E-state index in [9.17, 15) is 20.6 Å². The van der Waals surface area contributed by atoms with Crippen LogP contribution in [0.1, 0.15) is 75.3 Å². The molecule has 0 unspecified atom stereocenters. The minimum atomic E-state index is 0.0737. The van der Waals surface area contributed by atoms with Crippen molar-refractivity contribution in [3.8, 4) is 23.0 Å². The Balaban J connectivity index is 1.61. The molecular weight excluding hydrogens is 436 g/mol. The van der Waals surface area contributed by atoms with E-state index in [2.05, 4.69) is 10.3 Å². The lowest BCUT2D eigenvalue weighted by Crippen LogP contribution is -2.02. The summed E-state index contributed by atoms with van der Waals surface area (Å²) in [5, 5.41) is 45.5. The Morgan fingerprint density at radius 2 is 0.971 bits per heavy atom. The summed E-state index contributed by atoms with van der Waals surface area (Å²) >= 11 is 0. The van der Waals surface area contributed by atoms with Gasteiger partial charge in [0, 0.05) is 11.1 Å². The molecule has 0 saturated heterocycles. The molecule has 0 atom stereocenters. The standard InChI is InChI=1S/C26H36N2O6/c1-33-19-13-15-25(29)21(17-19)23(27-31)11-9-7-5-3-4-6-8-10-12-24(28-32)22-18-20(34-2)14-16-26(22)30/h13-18,29-32H,3-12H2,1-2H3/b27-23+,28-24+. The van der Waals surface area contributed by atoms with Crippen LogP contribution in [0.2, 0.25) is 0 Å². The number of hydrogen-bond donors (Lipinski definition) is 4. The second kappa shape index (κ2) is 14.7. The maximum Gasteiger partial charge on any atom is 0.125 e. The quantitative estimate of drug-likeness (QED) is 0.108. The smallest absolute Gasteiger partial charge is 0.125 e. The van der Waals surface area contributed by atoms with Crippen LogP contribution in [-0.4, -0.2) is 46.3 Å². The van der Waals surface area contributed by atoms with Crippen LogP contribution in [0.25, 0.3) is 0 Å². The fraction of sp³-hybridized carbons (Fsp3) is 0.462. The number of aromatic hydroxyl groups is 2. The molecule has 0 aliphatic heterocycles. The number of nitrogens with zero attached hydrogens (tertiary/aromatic N) is 2. The van der Waals surface area contributed by atoms with Crippen molar-refractivity contribution in [3.63, 3.8) is 0 Å². The molecule has 2 rings (SSSR count). The number of ether oxygens (including phenoxy) is 2. The Kier molecular flexibility index (Phi) is 11.6. The van der Waals surface area contributed by atoms with Crippen LogP contribution in [0.5, 0.6) is 23.0 Å². The minimum absolute atomic E-state index is 0.0737. The number of rotatable bonds is 15. The highest BCUT2D eigenvalue weighted by molar-refractivity contribution is 6.03. The van der Waals surface area contributed by atoms with Crippen LogP contribution in [0.15, 0.2) is 46.7 Å². The second-order valence-corrected chi connectivity index (χ2v) is 8.19. The lowest BCUT2D eigenvalue weighted by atomic mass is 10.00. The van der Waals surface area contributed by atoms with Crippen LogP contribution in [0, 0.1) is 0 Å². The van der Waals surface area contributed by atoms with Crippen molar-refractivity contribution in [1.82, 2.24) is 0 Å². The van der Waals surface area contributed by atoms with Crippen molar-refractivity contribution in [3.05, 3.63) is 47.5 Å². The highest BCUT2D eigenvalue weighted by Gasteiger charge is 2.12. The molecule has 0 bridgehead atoms. The van der Waals surface area contributed by atoms with Gasteiger partial charge in [-0.15, -0.1) is 0 Å². The van der Waals surface area contributed by atoms with Crippen molar-refractivity contribution >= 4 is 11.4 Å². The minimum Gasteiger partial charge on any atom is -0.507 e. The second-order valence-electron chi connectivity index (χ2n) is 8.19. The number of phenolic OH excluding ortho intramolecular Hbond substituents is 2. The molecule has 0 aromatic heterocycles. The maximum absolute atomic E-state index is 10.0. The molecule has 0 amide bonds. The molecule has 186 valence electrons. The molecule has 34 heavy (non-hydrogen) atoms. The Labute approximate surface area is 201 Å². The monoisotopic (exact) mass is 472 g/mol. The number of unbranched alkanes of at least 4 members (excludes halogenated alkanes) is 7. The average Bonchev–Trinajstić information content (AvgIpc) is 2.86. The van der Waals surface area contributed by atoms with E-state index in [1.165, 1.54) is 12.1 Å².